The molecule has 0 saturated heterocycles. The van der Waals surface area contributed by atoms with Crippen LogP contribution in [0.5, 0.6) is 0 Å². The summed E-state index contributed by atoms with van der Waals surface area (Å²) in [6.07, 6.45) is 1.81. The molecule has 0 amide bonds. The third-order valence-corrected chi connectivity index (χ3v) is 5.49. The van der Waals surface area contributed by atoms with Gasteiger partial charge in [0.25, 0.3) is 0 Å². The molecule has 0 bridgehead atoms. The minimum atomic E-state index is 0.0881. The molecule has 4 aromatic rings. The van der Waals surface area contributed by atoms with Crippen LogP contribution in [0, 0.1) is 6.92 Å². The number of thioether (sulfide) groups is 1. The number of fused-ring (bicyclic) bond motifs is 1. The number of para-hydroxylation sites is 2. The van der Waals surface area contributed by atoms with Gasteiger partial charge in [0, 0.05) is 12.6 Å². The monoisotopic (exact) mass is 377 g/mol. The van der Waals surface area contributed by atoms with Gasteiger partial charge < -0.3 is 9.13 Å². The number of hydrogen-bond acceptors (Lipinski definition) is 5. The van der Waals surface area contributed by atoms with Crippen LogP contribution in [0.4, 0.5) is 0 Å². The summed E-state index contributed by atoms with van der Waals surface area (Å²) in [6, 6.07) is 15.6. The second-order valence-corrected chi connectivity index (χ2v) is 7.34. The van der Waals surface area contributed by atoms with Crippen molar-refractivity contribution in [1.82, 2.24) is 24.3 Å². The van der Waals surface area contributed by atoms with E-state index >= 15 is 0 Å². The van der Waals surface area contributed by atoms with Crippen molar-refractivity contribution in [3.8, 4) is 0 Å². The van der Waals surface area contributed by atoms with Crippen molar-refractivity contribution in [1.29, 1.82) is 0 Å². The van der Waals surface area contributed by atoms with Crippen molar-refractivity contribution in [2.24, 2.45) is 7.05 Å². The van der Waals surface area contributed by atoms with E-state index < -0.39 is 0 Å². The molecule has 0 radical (unpaired) electrons. The van der Waals surface area contributed by atoms with Crippen molar-refractivity contribution in [2.75, 3.05) is 5.75 Å². The molecule has 27 heavy (non-hydrogen) atoms. The minimum Gasteiger partial charge on any atom is -0.323 e. The van der Waals surface area contributed by atoms with E-state index in [1.54, 1.807) is 0 Å². The van der Waals surface area contributed by atoms with Gasteiger partial charge in [0.2, 0.25) is 0 Å². The summed E-state index contributed by atoms with van der Waals surface area (Å²) < 4.78 is 3.98. The number of aryl methyl sites for hydroxylation is 1. The van der Waals surface area contributed by atoms with Gasteiger partial charge in [-0.3, -0.25) is 4.79 Å². The van der Waals surface area contributed by atoms with Crippen molar-refractivity contribution in [3.63, 3.8) is 0 Å². The van der Waals surface area contributed by atoms with E-state index in [1.807, 2.05) is 78.0 Å². The number of carbonyl (C=O) groups is 1. The fraction of sp³-hybridized carbons (Fsp3) is 0.200. The Morgan fingerprint density at radius 3 is 2.67 bits per heavy atom. The molecular weight excluding hydrogens is 358 g/mol. The molecule has 2 aromatic heterocycles. The van der Waals surface area contributed by atoms with Crippen molar-refractivity contribution < 1.29 is 4.79 Å². The van der Waals surface area contributed by atoms with Crippen LogP contribution in [0.1, 0.15) is 21.7 Å². The van der Waals surface area contributed by atoms with Gasteiger partial charge in [0.05, 0.1) is 29.7 Å². The number of Topliss-reactive ketones (excluding diaryl/α,β-unsaturated/α-hetero) is 1. The van der Waals surface area contributed by atoms with Gasteiger partial charge in [-0.15, -0.1) is 10.2 Å². The first-order valence-electron chi connectivity index (χ1n) is 8.62. The molecule has 2 heterocycles. The van der Waals surface area contributed by atoms with Crippen LogP contribution in [0.25, 0.3) is 11.0 Å². The lowest BCUT2D eigenvalue weighted by atomic mass is 10.1. The van der Waals surface area contributed by atoms with Crippen molar-refractivity contribution in [3.05, 3.63) is 71.8 Å². The number of ketones is 1. The van der Waals surface area contributed by atoms with Crippen molar-refractivity contribution >= 4 is 28.6 Å². The lowest BCUT2D eigenvalue weighted by Crippen LogP contribution is -2.07. The normalized spacial score (nSPS) is 11.2. The number of aromatic nitrogens is 5. The van der Waals surface area contributed by atoms with Crippen LogP contribution in [-0.2, 0) is 13.6 Å². The minimum absolute atomic E-state index is 0.0881. The van der Waals surface area contributed by atoms with Crippen molar-refractivity contribution in [2.45, 2.75) is 18.6 Å². The zero-order valence-corrected chi connectivity index (χ0v) is 16.0. The maximum atomic E-state index is 12.4. The third-order valence-electron chi connectivity index (χ3n) is 4.47. The largest absolute Gasteiger partial charge is 0.323 e. The number of rotatable bonds is 6. The first kappa shape index (κ1) is 17.5. The van der Waals surface area contributed by atoms with Gasteiger partial charge in [0.15, 0.2) is 16.8 Å². The molecule has 0 N–H and O–H groups in total. The van der Waals surface area contributed by atoms with Gasteiger partial charge >= 0.3 is 0 Å². The maximum Gasteiger partial charge on any atom is 0.191 e. The Morgan fingerprint density at radius 1 is 1.07 bits per heavy atom. The molecule has 2 aromatic carbocycles. The second kappa shape index (κ2) is 7.36. The lowest BCUT2D eigenvalue weighted by Gasteiger charge is -2.06. The molecule has 4 rings (SSSR count). The van der Waals surface area contributed by atoms with E-state index in [-0.39, 0.29) is 5.78 Å². The molecule has 6 nitrogen and oxygen atoms in total. The summed E-state index contributed by atoms with van der Waals surface area (Å²) in [5.74, 6) is 1.25. The van der Waals surface area contributed by atoms with Crippen LogP contribution in [0.2, 0.25) is 0 Å². The second-order valence-electron chi connectivity index (χ2n) is 6.40. The molecule has 0 saturated carbocycles. The number of carbonyl (C=O) groups excluding carboxylic acids is 1. The quantitative estimate of drug-likeness (QED) is 0.380. The van der Waals surface area contributed by atoms with Gasteiger partial charge in [-0.2, -0.15) is 0 Å². The highest BCUT2D eigenvalue weighted by Gasteiger charge is 2.14. The predicted molar refractivity (Wildman–Crippen MR) is 106 cm³/mol. The molecule has 0 aliphatic rings. The van der Waals surface area contributed by atoms with Gasteiger partial charge in [-0.25, -0.2) is 4.98 Å². The fourth-order valence-corrected chi connectivity index (χ4v) is 3.67. The molecular formula is C20H19N5OS. The number of benzene rings is 2. The molecule has 136 valence electrons. The summed E-state index contributed by atoms with van der Waals surface area (Å²) in [4.78, 5) is 16.8. The topological polar surface area (TPSA) is 65.6 Å². The zero-order valence-electron chi connectivity index (χ0n) is 15.2. The predicted octanol–water partition coefficient (Wildman–Crippen LogP) is 3.50. The molecule has 0 aliphatic carbocycles. The first-order chi connectivity index (χ1) is 13.1. The SMILES string of the molecule is Cc1ccc(C(=O)CSc2nnc(Cn3cnc4ccccc43)n2C)cc1. The Kier molecular flexibility index (Phi) is 4.77. The Morgan fingerprint density at radius 2 is 1.85 bits per heavy atom. The summed E-state index contributed by atoms with van der Waals surface area (Å²) in [7, 11) is 1.92. The summed E-state index contributed by atoms with van der Waals surface area (Å²) in [5.41, 5.74) is 3.88. The molecule has 0 atom stereocenters. The van der Waals surface area contributed by atoms with E-state index in [0.717, 1.165) is 33.1 Å². The van der Waals surface area contributed by atoms with Crippen LogP contribution < -0.4 is 0 Å². The highest BCUT2D eigenvalue weighted by atomic mass is 32.2. The van der Waals surface area contributed by atoms with Crippen LogP contribution in [-0.4, -0.2) is 35.9 Å². The number of imidazole rings is 1. The molecule has 0 aliphatic heterocycles. The number of hydrogen-bond donors (Lipinski definition) is 0. The Bertz CT molecular complexity index is 1100. The Hall–Kier alpha value is -2.93. The maximum absolute atomic E-state index is 12.4. The fourth-order valence-electron chi connectivity index (χ4n) is 2.85. The summed E-state index contributed by atoms with van der Waals surface area (Å²) in [5, 5.41) is 9.27. The average Bonchev–Trinajstić information content (AvgIpc) is 3.25. The van der Waals surface area contributed by atoms with E-state index in [1.165, 1.54) is 11.8 Å². The number of nitrogens with zero attached hydrogens (tertiary/aromatic N) is 5. The van der Waals surface area contributed by atoms with Crippen LogP contribution >= 0.6 is 11.8 Å². The first-order valence-corrected chi connectivity index (χ1v) is 9.61. The van der Waals surface area contributed by atoms with Crippen LogP contribution in [0.3, 0.4) is 0 Å². The van der Waals surface area contributed by atoms with Gasteiger partial charge in [-0.1, -0.05) is 53.7 Å². The van der Waals surface area contributed by atoms with Gasteiger partial charge in [-0.05, 0) is 19.1 Å². The molecule has 0 fully saturated rings. The van der Waals surface area contributed by atoms with E-state index in [2.05, 4.69) is 15.2 Å². The standard InChI is InChI=1S/C20H19N5OS/c1-14-7-9-15(10-8-14)18(26)12-27-20-23-22-19(24(20)2)11-25-13-21-16-5-3-4-6-17(16)25/h3-10,13H,11-12H2,1-2H3. The van der Waals surface area contributed by atoms with Crippen LogP contribution in [0.15, 0.2) is 60.0 Å². The summed E-state index contributed by atoms with van der Waals surface area (Å²) in [6.45, 7) is 2.59. The zero-order chi connectivity index (χ0) is 18.8. The van der Waals surface area contributed by atoms with E-state index in [9.17, 15) is 4.79 Å². The van der Waals surface area contributed by atoms with E-state index in [4.69, 9.17) is 0 Å². The lowest BCUT2D eigenvalue weighted by molar-refractivity contribution is 0.102. The Balaban J connectivity index is 1.46. The highest BCUT2D eigenvalue weighted by Crippen LogP contribution is 2.19. The third kappa shape index (κ3) is 3.64. The molecule has 0 spiro atoms. The average molecular weight is 377 g/mol. The molecule has 0 unspecified atom stereocenters. The molecule has 7 heteroatoms. The smallest absolute Gasteiger partial charge is 0.191 e. The van der Waals surface area contributed by atoms with Gasteiger partial charge in [0.1, 0.15) is 0 Å². The Labute approximate surface area is 161 Å². The highest BCUT2D eigenvalue weighted by molar-refractivity contribution is 7.99. The van der Waals surface area contributed by atoms with E-state index in [0.29, 0.717) is 12.3 Å². The summed E-state index contributed by atoms with van der Waals surface area (Å²) >= 11 is 1.41.